The molecule has 0 saturated heterocycles. The van der Waals surface area contributed by atoms with E-state index in [9.17, 15) is 5.11 Å². The Balaban J connectivity index is 1.89. The number of hydrogen-bond donors (Lipinski definition) is 1. The monoisotopic (exact) mass is 262 g/mol. The van der Waals surface area contributed by atoms with Crippen LogP contribution in [-0.4, -0.2) is 11.7 Å². The smallest absolute Gasteiger partial charge is 0.125 e. The molecule has 0 aromatic heterocycles. The van der Waals surface area contributed by atoms with Crippen LogP contribution in [-0.2, 0) is 0 Å². The molecule has 106 valence electrons. The van der Waals surface area contributed by atoms with Gasteiger partial charge in [0.1, 0.15) is 5.75 Å². The maximum absolute atomic E-state index is 10.4. The fourth-order valence-corrected chi connectivity index (χ4v) is 3.07. The van der Waals surface area contributed by atoms with Crippen molar-refractivity contribution in [2.75, 3.05) is 6.61 Å². The molecule has 2 heteroatoms. The van der Waals surface area contributed by atoms with Gasteiger partial charge < -0.3 is 9.84 Å². The number of benzene rings is 1. The van der Waals surface area contributed by atoms with Crippen molar-refractivity contribution in [1.29, 1.82) is 0 Å². The first-order chi connectivity index (χ1) is 9.31. The number of ether oxygens (including phenoxy) is 1. The predicted octanol–water partition coefficient (Wildman–Crippen LogP) is 4.48. The zero-order valence-electron chi connectivity index (χ0n) is 12.0. The van der Waals surface area contributed by atoms with E-state index in [1.54, 1.807) is 0 Å². The van der Waals surface area contributed by atoms with Crippen LogP contribution in [0.25, 0.3) is 0 Å². The van der Waals surface area contributed by atoms with Crippen LogP contribution >= 0.6 is 0 Å². The van der Waals surface area contributed by atoms with Crippen molar-refractivity contribution in [2.45, 2.75) is 58.0 Å². The molecule has 19 heavy (non-hydrogen) atoms. The van der Waals surface area contributed by atoms with Crippen molar-refractivity contribution in [1.82, 2.24) is 0 Å². The fraction of sp³-hybridized carbons (Fsp3) is 0.647. The van der Waals surface area contributed by atoms with Gasteiger partial charge in [0, 0.05) is 5.56 Å². The Bertz CT molecular complexity index is 369. The minimum atomic E-state index is -0.385. The van der Waals surface area contributed by atoms with Gasteiger partial charge in [-0.15, -0.1) is 0 Å². The summed E-state index contributed by atoms with van der Waals surface area (Å²) in [5.74, 6) is 1.66. The molecule has 1 atom stereocenters. The molecule has 0 aliphatic heterocycles. The molecule has 1 aliphatic rings. The van der Waals surface area contributed by atoms with Crippen molar-refractivity contribution in [3.8, 4) is 5.75 Å². The van der Waals surface area contributed by atoms with Gasteiger partial charge >= 0.3 is 0 Å². The topological polar surface area (TPSA) is 29.5 Å². The maximum Gasteiger partial charge on any atom is 0.125 e. The van der Waals surface area contributed by atoms with E-state index in [0.29, 0.717) is 6.61 Å². The van der Waals surface area contributed by atoms with E-state index in [1.807, 2.05) is 31.2 Å². The van der Waals surface area contributed by atoms with Gasteiger partial charge in [-0.05, 0) is 31.7 Å². The second kappa shape index (κ2) is 7.54. The number of rotatable bonds is 6. The normalized spacial score (nSPS) is 18.2. The van der Waals surface area contributed by atoms with Gasteiger partial charge in [0.25, 0.3) is 0 Å². The summed E-state index contributed by atoms with van der Waals surface area (Å²) in [6, 6.07) is 7.86. The minimum absolute atomic E-state index is 0.385. The van der Waals surface area contributed by atoms with Gasteiger partial charge in [-0.1, -0.05) is 50.3 Å². The van der Waals surface area contributed by atoms with Crippen molar-refractivity contribution in [2.24, 2.45) is 5.92 Å². The lowest BCUT2D eigenvalue weighted by molar-refractivity contribution is 0.146. The molecular formula is C17H26O2. The van der Waals surface area contributed by atoms with E-state index in [-0.39, 0.29) is 6.10 Å². The van der Waals surface area contributed by atoms with Crippen LogP contribution in [0.4, 0.5) is 0 Å². The Hall–Kier alpha value is -1.02. The Morgan fingerprint density at radius 3 is 2.68 bits per heavy atom. The molecule has 1 fully saturated rings. The second-order valence-electron chi connectivity index (χ2n) is 5.57. The number of aliphatic hydroxyl groups is 1. The lowest BCUT2D eigenvalue weighted by Crippen LogP contribution is -2.09. The van der Waals surface area contributed by atoms with E-state index in [0.717, 1.165) is 30.1 Å². The molecule has 0 radical (unpaired) electrons. The molecule has 1 aromatic rings. The van der Waals surface area contributed by atoms with E-state index >= 15 is 0 Å². The van der Waals surface area contributed by atoms with Gasteiger partial charge in [-0.2, -0.15) is 0 Å². The summed E-state index contributed by atoms with van der Waals surface area (Å²) in [4.78, 5) is 0. The molecule has 1 N–H and O–H groups in total. The van der Waals surface area contributed by atoms with Crippen molar-refractivity contribution >= 4 is 0 Å². The second-order valence-corrected chi connectivity index (χ2v) is 5.57. The summed E-state index contributed by atoms with van der Waals surface area (Å²) in [5.41, 5.74) is 0.945. The van der Waals surface area contributed by atoms with E-state index in [2.05, 4.69) is 0 Å². The number of para-hydroxylation sites is 1. The van der Waals surface area contributed by atoms with Crippen LogP contribution in [0.15, 0.2) is 24.3 Å². The first-order valence-corrected chi connectivity index (χ1v) is 7.71. The molecule has 1 saturated carbocycles. The van der Waals surface area contributed by atoms with Gasteiger partial charge in [0.2, 0.25) is 0 Å². The molecule has 1 unspecified atom stereocenters. The molecule has 0 amide bonds. The Labute approximate surface area is 116 Å². The fourth-order valence-electron chi connectivity index (χ4n) is 3.07. The molecule has 0 heterocycles. The van der Waals surface area contributed by atoms with Gasteiger partial charge in [-0.3, -0.25) is 0 Å². The minimum Gasteiger partial charge on any atom is -0.493 e. The third kappa shape index (κ3) is 4.24. The average Bonchev–Trinajstić information content (AvgIpc) is 2.47. The Morgan fingerprint density at radius 2 is 1.95 bits per heavy atom. The average molecular weight is 262 g/mol. The quantitative estimate of drug-likeness (QED) is 0.819. The van der Waals surface area contributed by atoms with Crippen LogP contribution in [0.5, 0.6) is 5.75 Å². The molecule has 0 spiro atoms. The lowest BCUT2D eigenvalue weighted by Gasteiger charge is -2.23. The highest BCUT2D eigenvalue weighted by molar-refractivity contribution is 5.35. The van der Waals surface area contributed by atoms with Crippen LogP contribution in [0, 0.1) is 5.92 Å². The summed E-state index contributed by atoms with van der Waals surface area (Å²) < 4.78 is 5.59. The van der Waals surface area contributed by atoms with Gasteiger partial charge in [0.15, 0.2) is 0 Å². The highest BCUT2D eigenvalue weighted by Gasteiger charge is 2.17. The van der Waals surface area contributed by atoms with E-state index in [4.69, 9.17) is 4.74 Å². The van der Waals surface area contributed by atoms with E-state index in [1.165, 1.54) is 32.1 Å². The van der Waals surface area contributed by atoms with Crippen LogP contribution in [0.2, 0.25) is 0 Å². The lowest BCUT2D eigenvalue weighted by atomic mass is 9.85. The standard InChI is InChI=1S/C17H26O2/c1-2-19-17-11-7-6-10-15(17)16(18)13-12-14-8-4-3-5-9-14/h6-7,10-11,14,16,18H,2-5,8-9,12-13H2,1H3. The zero-order chi connectivity index (χ0) is 13.5. The summed E-state index contributed by atoms with van der Waals surface area (Å²) >= 11 is 0. The van der Waals surface area contributed by atoms with Crippen LogP contribution in [0.1, 0.15) is 63.5 Å². The SMILES string of the molecule is CCOc1ccccc1C(O)CCC1CCCCC1. The predicted molar refractivity (Wildman–Crippen MR) is 78.4 cm³/mol. The first-order valence-electron chi connectivity index (χ1n) is 7.71. The van der Waals surface area contributed by atoms with Crippen LogP contribution < -0.4 is 4.74 Å². The third-order valence-electron chi connectivity index (χ3n) is 4.15. The summed E-state index contributed by atoms with van der Waals surface area (Å²) in [6.07, 6.45) is 8.44. The van der Waals surface area contributed by atoms with Crippen molar-refractivity contribution in [3.05, 3.63) is 29.8 Å². The van der Waals surface area contributed by atoms with Crippen molar-refractivity contribution in [3.63, 3.8) is 0 Å². The highest BCUT2D eigenvalue weighted by Crippen LogP contribution is 2.33. The van der Waals surface area contributed by atoms with Crippen LogP contribution in [0.3, 0.4) is 0 Å². The molecule has 1 aromatic carbocycles. The molecule has 0 bridgehead atoms. The first kappa shape index (κ1) is 14.4. The van der Waals surface area contributed by atoms with Crippen molar-refractivity contribution < 1.29 is 9.84 Å². The van der Waals surface area contributed by atoms with E-state index < -0.39 is 0 Å². The number of aliphatic hydroxyl groups excluding tert-OH is 1. The third-order valence-corrected chi connectivity index (χ3v) is 4.15. The molecule has 2 rings (SSSR count). The number of hydrogen-bond acceptors (Lipinski definition) is 2. The summed E-state index contributed by atoms with van der Waals surface area (Å²) in [7, 11) is 0. The van der Waals surface area contributed by atoms with Gasteiger partial charge in [-0.25, -0.2) is 0 Å². The zero-order valence-corrected chi connectivity index (χ0v) is 12.0. The highest BCUT2D eigenvalue weighted by atomic mass is 16.5. The summed E-state index contributed by atoms with van der Waals surface area (Å²) in [5, 5.41) is 10.4. The van der Waals surface area contributed by atoms with Gasteiger partial charge in [0.05, 0.1) is 12.7 Å². The Kier molecular flexibility index (Phi) is 5.71. The molecule has 2 nitrogen and oxygen atoms in total. The molecular weight excluding hydrogens is 236 g/mol. The maximum atomic E-state index is 10.4. The molecule has 1 aliphatic carbocycles. The Morgan fingerprint density at radius 1 is 1.21 bits per heavy atom. The largest absolute Gasteiger partial charge is 0.493 e. The summed E-state index contributed by atoms with van der Waals surface area (Å²) in [6.45, 7) is 2.62.